The number of carbonyl (C=O) groups is 1. The van der Waals surface area contributed by atoms with Crippen molar-refractivity contribution >= 4 is 6.03 Å². The highest BCUT2D eigenvalue weighted by Gasteiger charge is 2.51. The summed E-state index contributed by atoms with van der Waals surface area (Å²) in [5.74, 6) is 1.00. The largest absolute Gasteiger partial charge is 0.387 e. The second-order valence-corrected chi connectivity index (χ2v) is 13.9. The van der Waals surface area contributed by atoms with Crippen molar-refractivity contribution in [2.45, 2.75) is 122 Å². The minimum atomic E-state index is -1.01. The Kier molecular flexibility index (Phi) is 10.7. The van der Waals surface area contributed by atoms with Gasteiger partial charge in [0.05, 0.1) is 25.0 Å². The number of nitrogens with one attached hydrogen (secondary N) is 5. The Hall–Kier alpha value is -1.09. The average Bonchev–Trinajstić information content (AvgIpc) is 3.43. The molecular formula is C28H56N8O4. The van der Waals surface area contributed by atoms with E-state index in [4.69, 9.17) is 10.5 Å². The molecule has 9 N–H and O–H groups in total. The van der Waals surface area contributed by atoms with Crippen LogP contribution in [0.5, 0.6) is 0 Å². The van der Waals surface area contributed by atoms with Crippen LogP contribution in [0, 0.1) is 17.3 Å². The second-order valence-electron chi connectivity index (χ2n) is 13.9. The molecule has 0 aromatic heterocycles. The van der Waals surface area contributed by atoms with Crippen molar-refractivity contribution in [3.05, 3.63) is 0 Å². The first-order valence-electron chi connectivity index (χ1n) is 15.3. The first kappa shape index (κ1) is 31.8. The first-order chi connectivity index (χ1) is 18.8. The van der Waals surface area contributed by atoms with E-state index in [-0.39, 0.29) is 42.4 Å². The Balaban J connectivity index is 1.21. The van der Waals surface area contributed by atoms with Crippen LogP contribution in [0.15, 0.2) is 0 Å². The molecule has 0 aromatic carbocycles. The zero-order chi connectivity index (χ0) is 29.2. The van der Waals surface area contributed by atoms with Crippen molar-refractivity contribution in [1.82, 2.24) is 36.4 Å². The summed E-state index contributed by atoms with van der Waals surface area (Å²) in [6.45, 7) is 13.5. The molecule has 0 bridgehead atoms. The minimum Gasteiger partial charge on any atom is -0.387 e. The van der Waals surface area contributed by atoms with Crippen LogP contribution in [-0.2, 0) is 4.74 Å². The van der Waals surface area contributed by atoms with Gasteiger partial charge < -0.3 is 36.2 Å². The van der Waals surface area contributed by atoms with Gasteiger partial charge in [-0.1, -0.05) is 34.6 Å². The molecule has 3 aliphatic heterocycles. The van der Waals surface area contributed by atoms with E-state index in [0.717, 1.165) is 44.6 Å². The molecule has 4 fully saturated rings. The highest BCUT2D eigenvalue weighted by Crippen LogP contribution is 2.37. The normalized spacial score (nSPS) is 38.0. The number of nitrogens with two attached hydrogens (primary N) is 1. The molecular weight excluding hydrogens is 512 g/mol. The Labute approximate surface area is 240 Å². The molecule has 1 aliphatic carbocycles. The van der Waals surface area contributed by atoms with Crippen molar-refractivity contribution in [1.29, 1.82) is 0 Å². The van der Waals surface area contributed by atoms with Crippen molar-refractivity contribution in [3.8, 4) is 0 Å². The Morgan fingerprint density at radius 3 is 2.48 bits per heavy atom. The molecule has 12 nitrogen and oxygen atoms in total. The first-order valence-corrected chi connectivity index (χ1v) is 15.3. The molecule has 232 valence electrons. The predicted molar refractivity (Wildman–Crippen MR) is 155 cm³/mol. The average molecular weight is 569 g/mol. The molecule has 40 heavy (non-hydrogen) atoms. The van der Waals surface area contributed by atoms with Crippen LogP contribution in [-0.4, -0.2) is 115 Å². The molecule has 6 unspecified atom stereocenters. The number of hydrogen-bond donors (Lipinski definition) is 8. The molecule has 0 spiro atoms. The molecule has 3 saturated heterocycles. The number of carbonyl (C=O) groups excluding carboxylic acids is 1. The molecule has 3 heterocycles. The highest BCUT2D eigenvalue weighted by atomic mass is 16.6. The Bertz CT molecular complexity index is 821. The van der Waals surface area contributed by atoms with Crippen molar-refractivity contribution in [2.75, 3.05) is 33.5 Å². The van der Waals surface area contributed by atoms with Gasteiger partial charge in [-0.25, -0.2) is 9.69 Å². The summed E-state index contributed by atoms with van der Waals surface area (Å²) in [4.78, 5) is 17.0. The summed E-state index contributed by atoms with van der Waals surface area (Å²) in [5.41, 5.74) is 6.51. The molecule has 0 radical (unpaired) electrons. The van der Waals surface area contributed by atoms with Crippen LogP contribution in [0.3, 0.4) is 0 Å². The molecule has 4 rings (SSSR count). The van der Waals surface area contributed by atoms with Gasteiger partial charge in [-0.15, -0.1) is 0 Å². The summed E-state index contributed by atoms with van der Waals surface area (Å²) < 4.78 is 6.22. The van der Waals surface area contributed by atoms with Crippen molar-refractivity contribution < 1.29 is 19.7 Å². The van der Waals surface area contributed by atoms with Crippen molar-refractivity contribution in [3.63, 3.8) is 0 Å². The number of rotatable bonds is 9. The van der Waals surface area contributed by atoms with Gasteiger partial charge in [-0.2, -0.15) is 0 Å². The number of fused-ring (bicyclic) bond motifs is 1. The highest BCUT2D eigenvalue weighted by molar-refractivity contribution is 5.74. The third kappa shape index (κ3) is 7.64. The third-order valence-electron chi connectivity index (χ3n) is 9.63. The van der Waals surface area contributed by atoms with Crippen LogP contribution in [0.4, 0.5) is 4.79 Å². The lowest BCUT2D eigenvalue weighted by molar-refractivity contribution is -0.106. The number of likely N-dealkylation sites (N-methyl/N-ethyl adjacent to an activating group) is 1. The van der Waals surface area contributed by atoms with Gasteiger partial charge >= 0.3 is 6.03 Å². The number of aliphatic hydroxyl groups is 2. The van der Waals surface area contributed by atoms with E-state index in [1.54, 1.807) is 0 Å². The zero-order valence-electron chi connectivity index (χ0n) is 25.4. The van der Waals surface area contributed by atoms with E-state index in [0.29, 0.717) is 25.3 Å². The number of nitrogens with zero attached hydrogens (tertiary/aromatic N) is 2. The molecule has 0 aromatic rings. The minimum absolute atomic E-state index is 0.0143. The molecule has 4 aliphatic rings. The summed E-state index contributed by atoms with van der Waals surface area (Å²) in [6, 6.07) is 0.180. The second kappa shape index (κ2) is 13.5. The SMILES string of the molecule is CC(C)C(CCN(C)CC1OC(N2CNC3C(N)NCNC32)[C@H](O)[C@@H]1O)NC(=O)NC1CCC(C(C)(C)C)CC1. The van der Waals surface area contributed by atoms with Gasteiger partial charge in [0.2, 0.25) is 0 Å². The number of aliphatic hydroxyl groups excluding tert-OH is 2. The molecule has 1 saturated carbocycles. The lowest BCUT2D eigenvalue weighted by atomic mass is 9.71. The van der Waals surface area contributed by atoms with E-state index in [2.05, 4.69) is 66.1 Å². The standard InChI is InChI=1S/C28H56N8O4/c1-16(2)19(34-27(39)33-18-9-7-17(8-10-18)28(3,4)5)11-12-35(6)13-20-22(37)23(38)26(40-20)36-15-32-21-24(29)30-14-31-25(21)36/h16-26,30-32,37-38H,7-15,29H2,1-6H3,(H2,33,34,39)/t17?,18?,19?,20?,21?,22-,23-,24?,25?,26?/m1/s1. The maximum atomic E-state index is 12.8. The van der Waals surface area contributed by atoms with Gasteiger partial charge in [0.15, 0.2) is 0 Å². The number of hydrogen-bond acceptors (Lipinski definition) is 10. The number of urea groups is 1. The zero-order valence-corrected chi connectivity index (χ0v) is 25.4. The fraction of sp³-hybridized carbons (Fsp3) is 0.964. The molecule has 2 amide bonds. The molecule has 12 heteroatoms. The van der Waals surface area contributed by atoms with Crippen LogP contribution in [0.1, 0.15) is 66.7 Å². The van der Waals surface area contributed by atoms with Crippen molar-refractivity contribution in [2.24, 2.45) is 23.0 Å². The van der Waals surface area contributed by atoms with Gasteiger partial charge in [0, 0.05) is 25.3 Å². The van der Waals surface area contributed by atoms with E-state index < -0.39 is 24.5 Å². The van der Waals surface area contributed by atoms with E-state index >= 15 is 0 Å². The maximum Gasteiger partial charge on any atom is 0.315 e. The van der Waals surface area contributed by atoms with Crippen LogP contribution in [0.2, 0.25) is 0 Å². The fourth-order valence-corrected chi connectivity index (χ4v) is 6.83. The Morgan fingerprint density at radius 1 is 1.12 bits per heavy atom. The van der Waals surface area contributed by atoms with E-state index in [9.17, 15) is 15.0 Å². The summed E-state index contributed by atoms with van der Waals surface area (Å²) in [6.07, 6.45) is 1.75. The smallest absolute Gasteiger partial charge is 0.315 e. The lowest BCUT2D eigenvalue weighted by Crippen LogP contribution is -2.68. The molecule has 8 atom stereocenters. The summed E-state index contributed by atoms with van der Waals surface area (Å²) in [7, 11) is 1.99. The lowest BCUT2D eigenvalue weighted by Gasteiger charge is -2.38. The quantitative estimate of drug-likeness (QED) is 0.185. The van der Waals surface area contributed by atoms with Gasteiger partial charge in [-0.3, -0.25) is 16.0 Å². The van der Waals surface area contributed by atoms with Crippen LogP contribution >= 0.6 is 0 Å². The third-order valence-corrected chi connectivity index (χ3v) is 9.63. The predicted octanol–water partition coefficient (Wildman–Crippen LogP) is -0.324. The monoisotopic (exact) mass is 568 g/mol. The fourth-order valence-electron chi connectivity index (χ4n) is 6.83. The number of ether oxygens (including phenoxy) is 1. The number of amides is 2. The van der Waals surface area contributed by atoms with Gasteiger partial charge in [0.25, 0.3) is 0 Å². The van der Waals surface area contributed by atoms with Crippen LogP contribution in [0.25, 0.3) is 0 Å². The van der Waals surface area contributed by atoms with Gasteiger partial charge in [0.1, 0.15) is 24.5 Å². The topological polar surface area (TPSA) is 159 Å². The maximum absolute atomic E-state index is 12.8. The summed E-state index contributed by atoms with van der Waals surface area (Å²) in [5, 5.41) is 38.0. The van der Waals surface area contributed by atoms with Crippen LogP contribution < -0.4 is 32.3 Å². The van der Waals surface area contributed by atoms with E-state index in [1.807, 2.05) is 11.9 Å². The van der Waals surface area contributed by atoms with E-state index in [1.165, 1.54) is 0 Å². The Morgan fingerprint density at radius 2 is 1.82 bits per heavy atom. The summed E-state index contributed by atoms with van der Waals surface area (Å²) >= 11 is 0. The van der Waals surface area contributed by atoms with Gasteiger partial charge in [-0.05, 0) is 62.9 Å².